The highest BCUT2D eigenvalue weighted by Gasteiger charge is 2.30. The van der Waals surface area contributed by atoms with Crippen LogP contribution < -0.4 is 11.3 Å². The number of hydrogen-bond donors (Lipinski definition) is 2. The summed E-state index contributed by atoms with van der Waals surface area (Å²) in [4.78, 5) is 0. The summed E-state index contributed by atoms with van der Waals surface area (Å²) in [6, 6.07) is 3.54. The van der Waals surface area contributed by atoms with Crippen molar-refractivity contribution in [3.05, 3.63) is 27.3 Å². The fourth-order valence-electron chi connectivity index (χ4n) is 0.837. The Labute approximate surface area is 86.4 Å². The number of anilines is 1. The van der Waals surface area contributed by atoms with Crippen molar-refractivity contribution in [2.24, 2.45) is 5.84 Å². The summed E-state index contributed by atoms with van der Waals surface area (Å²) in [5, 5.41) is 0. The van der Waals surface area contributed by atoms with Gasteiger partial charge in [0.25, 0.3) is 0 Å². The second-order valence-electron chi connectivity index (χ2n) is 2.37. The predicted molar refractivity (Wildman–Crippen MR) is 52.0 cm³/mol. The molecule has 0 unspecified atom stereocenters. The van der Waals surface area contributed by atoms with Crippen LogP contribution in [-0.2, 0) is 6.18 Å². The highest BCUT2D eigenvalue weighted by Crippen LogP contribution is 2.31. The van der Waals surface area contributed by atoms with Crippen molar-refractivity contribution < 1.29 is 13.2 Å². The van der Waals surface area contributed by atoms with Gasteiger partial charge in [0.2, 0.25) is 0 Å². The Morgan fingerprint density at radius 2 is 1.85 bits per heavy atom. The summed E-state index contributed by atoms with van der Waals surface area (Å²) in [6.07, 6.45) is -4.33. The predicted octanol–water partition coefficient (Wildman–Crippen LogP) is 2.60. The van der Waals surface area contributed by atoms with Crippen LogP contribution in [0.2, 0.25) is 0 Å². The number of nitrogen functional groups attached to an aromatic ring is 1. The molecule has 13 heavy (non-hydrogen) atoms. The smallest absolute Gasteiger partial charge is 0.324 e. The SMILES string of the molecule is NNc1cc(I)cc(C(F)(F)F)c1. The summed E-state index contributed by atoms with van der Waals surface area (Å²) in [5.41, 5.74) is 1.72. The van der Waals surface area contributed by atoms with E-state index < -0.39 is 11.7 Å². The average molecular weight is 302 g/mol. The zero-order chi connectivity index (χ0) is 10.1. The van der Waals surface area contributed by atoms with Crippen LogP contribution in [0.3, 0.4) is 0 Å². The molecule has 0 amide bonds. The number of alkyl halides is 3. The molecule has 0 saturated carbocycles. The van der Waals surface area contributed by atoms with Crippen molar-refractivity contribution in [3.8, 4) is 0 Å². The van der Waals surface area contributed by atoms with E-state index in [1.54, 1.807) is 22.6 Å². The fraction of sp³-hybridized carbons (Fsp3) is 0.143. The summed E-state index contributed by atoms with van der Waals surface area (Å²) < 4.78 is 37.1. The average Bonchev–Trinajstić information content (AvgIpc) is 2.01. The van der Waals surface area contributed by atoms with Crippen LogP contribution in [-0.4, -0.2) is 0 Å². The lowest BCUT2D eigenvalue weighted by Crippen LogP contribution is -2.10. The van der Waals surface area contributed by atoms with Gasteiger partial charge in [0.1, 0.15) is 0 Å². The van der Waals surface area contributed by atoms with Gasteiger partial charge in [0, 0.05) is 3.57 Å². The van der Waals surface area contributed by atoms with Crippen molar-refractivity contribution in [2.45, 2.75) is 6.18 Å². The van der Waals surface area contributed by atoms with Crippen LogP contribution in [0.5, 0.6) is 0 Å². The van der Waals surface area contributed by atoms with Gasteiger partial charge >= 0.3 is 6.18 Å². The zero-order valence-electron chi connectivity index (χ0n) is 6.32. The monoisotopic (exact) mass is 302 g/mol. The van der Waals surface area contributed by atoms with Crippen LogP contribution in [0, 0.1) is 3.57 Å². The molecule has 1 rings (SSSR count). The molecule has 1 aromatic rings. The summed E-state index contributed by atoms with van der Waals surface area (Å²) in [7, 11) is 0. The molecule has 0 fully saturated rings. The Morgan fingerprint density at radius 3 is 2.31 bits per heavy atom. The number of rotatable bonds is 1. The first-order valence-corrected chi connectivity index (χ1v) is 4.36. The van der Waals surface area contributed by atoms with Crippen molar-refractivity contribution in [2.75, 3.05) is 5.43 Å². The molecule has 0 aromatic heterocycles. The van der Waals surface area contributed by atoms with Crippen LogP contribution in [0.1, 0.15) is 5.56 Å². The Kier molecular flexibility index (Phi) is 3.01. The number of nitrogens with one attached hydrogen (secondary N) is 1. The van der Waals surface area contributed by atoms with Crippen molar-refractivity contribution in [3.63, 3.8) is 0 Å². The van der Waals surface area contributed by atoms with E-state index in [-0.39, 0.29) is 5.69 Å². The van der Waals surface area contributed by atoms with E-state index in [0.717, 1.165) is 12.1 Å². The molecule has 0 aliphatic rings. The van der Waals surface area contributed by atoms with Crippen LogP contribution >= 0.6 is 22.6 Å². The first-order chi connectivity index (χ1) is 5.93. The molecule has 2 nitrogen and oxygen atoms in total. The number of nitrogens with two attached hydrogens (primary N) is 1. The standard InChI is InChI=1S/C7H6F3IN2/c8-7(9,10)4-1-5(11)3-6(2-4)13-12/h1-3,13H,12H2. The molecule has 0 radical (unpaired) electrons. The Morgan fingerprint density at radius 1 is 1.23 bits per heavy atom. The molecule has 0 atom stereocenters. The van der Waals surface area contributed by atoms with Gasteiger partial charge < -0.3 is 5.43 Å². The van der Waals surface area contributed by atoms with Gasteiger partial charge in [-0.05, 0) is 40.8 Å². The van der Waals surface area contributed by atoms with Crippen molar-refractivity contribution >= 4 is 28.3 Å². The Hall–Kier alpha value is -0.500. The fourth-order valence-corrected chi connectivity index (χ4v) is 1.51. The highest BCUT2D eigenvalue weighted by atomic mass is 127. The van der Waals surface area contributed by atoms with E-state index in [1.807, 2.05) is 0 Å². The molecule has 6 heteroatoms. The molecule has 0 spiro atoms. The molecule has 0 bridgehead atoms. The minimum Gasteiger partial charge on any atom is -0.324 e. The second-order valence-corrected chi connectivity index (χ2v) is 3.62. The van der Waals surface area contributed by atoms with Gasteiger partial charge in [0.15, 0.2) is 0 Å². The number of halogens is 4. The van der Waals surface area contributed by atoms with E-state index in [0.29, 0.717) is 3.57 Å². The Balaban J connectivity index is 3.16. The van der Waals surface area contributed by atoms with Crippen LogP contribution in [0.15, 0.2) is 18.2 Å². The van der Waals surface area contributed by atoms with Gasteiger partial charge in [0.05, 0.1) is 11.3 Å². The molecule has 0 aliphatic heterocycles. The third kappa shape index (κ3) is 2.73. The molecule has 0 saturated heterocycles. The maximum Gasteiger partial charge on any atom is 0.416 e. The second kappa shape index (κ2) is 3.70. The van der Waals surface area contributed by atoms with Crippen molar-refractivity contribution in [1.29, 1.82) is 0 Å². The number of benzene rings is 1. The molecular formula is C7H6F3IN2. The highest BCUT2D eigenvalue weighted by molar-refractivity contribution is 14.1. The maximum atomic E-state index is 12.2. The zero-order valence-corrected chi connectivity index (χ0v) is 8.48. The van der Waals surface area contributed by atoms with Crippen molar-refractivity contribution in [1.82, 2.24) is 0 Å². The quantitative estimate of drug-likeness (QED) is 0.475. The van der Waals surface area contributed by atoms with Gasteiger partial charge in [-0.15, -0.1) is 0 Å². The maximum absolute atomic E-state index is 12.2. The van der Waals surface area contributed by atoms with E-state index in [9.17, 15) is 13.2 Å². The third-order valence-corrected chi connectivity index (χ3v) is 2.01. The molecule has 1 aromatic carbocycles. The molecular weight excluding hydrogens is 296 g/mol. The van der Waals surface area contributed by atoms with Gasteiger partial charge in [-0.25, -0.2) is 0 Å². The Bertz CT molecular complexity index is 311. The first kappa shape index (κ1) is 10.6. The van der Waals surface area contributed by atoms with Gasteiger partial charge in [-0.2, -0.15) is 13.2 Å². The van der Waals surface area contributed by atoms with E-state index in [1.165, 1.54) is 6.07 Å². The third-order valence-electron chi connectivity index (χ3n) is 1.39. The minimum absolute atomic E-state index is 0.249. The van der Waals surface area contributed by atoms with Gasteiger partial charge in [-0.1, -0.05) is 0 Å². The van der Waals surface area contributed by atoms with E-state index in [4.69, 9.17) is 5.84 Å². The summed E-state index contributed by atoms with van der Waals surface area (Å²) >= 11 is 1.80. The topological polar surface area (TPSA) is 38.0 Å². The van der Waals surface area contributed by atoms with E-state index >= 15 is 0 Å². The molecule has 0 heterocycles. The first-order valence-electron chi connectivity index (χ1n) is 3.28. The van der Waals surface area contributed by atoms with E-state index in [2.05, 4.69) is 5.43 Å². The van der Waals surface area contributed by atoms with Gasteiger partial charge in [-0.3, -0.25) is 5.84 Å². The number of hydrogen-bond acceptors (Lipinski definition) is 2. The molecule has 0 aliphatic carbocycles. The van der Waals surface area contributed by atoms with Crippen LogP contribution in [0.4, 0.5) is 18.9 Å². The normalized spacial score (nSPS) is 11.5. The summed E-state index contributed by atoms with van der Waals surface area (Å²) in [6.45, 7) is 0. The van der Waals surface area contributed by atoms with Crippen LogP contribution in [0.25, 0.3) is 0 Å². The minimum atomic E-state index is -4.33. The molecule has 3 N–H and O–H groups in total. The lowest BCUT2D eigenvalue weighted by Gasteiger charge is -2.09. The lowest BCUT2D eigenvalue weighted by molar-refractivity contribution is -0.137. The number of hydrazine groups is 1. The molecule has 72 valence electrons. The summed E-state index contributed by atoms with van der Waals surface area (Å²) in [5.74, 6) is 5.01. The largest absolute Gasteiger partial charge is 0.416 e. The lowest BCUT2D eigenvalue weighted by atomic mass is 10.2.